The highest BCUT2D eigenvalue weighted by Gasteiger charge is 2.13. The van der Waals surface area contributed by atoms with Crippen molar-refractivity contribution in [2.75, 3.05) is 5.73 Å². The van der Waals surface area contributed by atoms with Crippen molar-refractivity contribution in [1.29, 1.82) is 0 Å². The van der Waals surface area contributed by atoms with Gasteiger partial charge in [-0.05, 0) is 31.5 Å². The van der Waals surface area contributed by atoms with Gasteiger partial charge in [-0.3, -0.25) is 4.40 Å². The third-order valence-electron chi connectivity index (χ3n) is 2.99. The maximum absolute atomic E-state index is 5.83. The minimum atomic E-state index is 0.672. The number of nitrogen functional groups attached to an aromatic ring is 1. The van der Waals surface area contributed by atoms with Crippen molar-refractivity contribution in [2.24, 2.45) is 0 Å². The van der Waals surface area contributed by atoms with Gasteiger partial charge in [0.1, 0.15) is 0 Å². The molecule has 19 heavy (non-hydrogen) atoms. The molecule has 0 fully saturated rings. The Morgan fingerprint density at radius 3 is 2.79 bits per heavy atom. The van der Waals surface area contributed by atoms with Crippen molar-refractivity contribution in [1.82, 2.24) is 24.8 Å². The van der Waals surface area contributed by atoms with Crippen LogP contribution in [0, 0.1) is 6.92 Å². The van der Waals surface area contributed by atoms with E-state index in [0.717, 1.165) is 34.8 Å². The highest BCUT2D eigenvalue weighted by Crippen LogP contribution is 2.22. The first-order chi connectivity index (χ1) is 9.19. The Kier molecular flexibility index (Phi) is 2.63. The first-order valence-electron chi connectivity index (χ1n) is 6.13. The molecule has 3 rings (SSSR count). The lowest BCUT2D eigenvalue weighted by Gasteiger charge is -2.06. The third-order valence-corrected chi connectivity index (χ3v) is 2.99. The highest BCUT2D eigenvalue weighted by molar-refractivity contribution is 5.63. The number of nitrogens with zero attached hydrogens (tertiary/aromatic N) is 5. The molecule has 0 saturated carbocycles. The van der Waals surface area contributed by atoms with Crippen LogP contribution in [0.3, 0.4) is 0 Å². The van der Waals surface area contributed by atoms with Gasteiger partial charge in [-0.1, -0.05) is 6.92 Å². The fourth-order valence-electron chi connectivity index (χ4n) is 2.06. The first-order valence-corrected chi connectivity index (χ1v) is 6.13. The Morgan fingerprint density at radius 2 is 2.00 bits per heavy atom. The maximum Gasteiger partial charge on any atom is 0.170 e. The van der Waals surface area contributed by atoms with Crippen molar-refractivity contribution >= 4 is 11.3 Å². The zero-order valence-electron chi connectivity index (χ0n) is 10.8. The van der Waals surface area contributed by atoms with Gasteiger partial charge in [-0.25, -0.2) is 0 Å². The summed E-state index contributed by atoms with van der Waals surface area (Å²) in [6.45, 7) is 3.95. The van der Waals surface area contributed by atoms with E-state index in [1.54, 1.807) is 0 Å². The molecule has 6 heteroatoms. The minimum absolute atomic E-state index is 0.672. The predicted molar refractivity (Wildman–Crippen MR) is 72.5 cm³/mol. The highest BCUT2D eigenvalue weighted by atomic mass is 15.2. The Bertz CT molecular complexity index is 746. The summed E-state index contributed by atoms with van der Waals surface area (Å²) in [5.74, 6) is 0.747. The molecule has 3 heterocycles. The number of hydrogen-bond acceptors (Lipinski definition) is 5. The molecular formula is C13H14N6. The molecule has 0 aromatic carbocycles. The molecule has 0 amide bonds. The van der Waals surface area contributed by atoms with Crippen molar-refractivity contribution in [3.63, 3.8) is 0 Å². The SMILES string of the molecule is CCc1nnc(C)cc1-c1nnc2ccc(N)cn12. The fraction of sp³-hybridized carbons (Fsp3) is 0.231. The zero-order chi connectivity index (χ0) is 13.4. The number of aryl methyl sites for hydroxylation is 2. The summed E-state index contributed by atoms with van der Waals surface area (Å²) in [4.78, 5) is 0. The number of aromatic nitrogens is 5. The van der Waals surface area contributed by atoms with Gasteiger partial charge < -0.3 is 5.73 Å². The van der Waals surface area contributed by atoms with E-state index in [4.69, 9.17) is 5.73 Å². The van der Waals surface area contributed by atoms with Crippen molar-refractivity contribution in [2.45, 2.75) is 20.3 Å². The van der Waals surface area contributed by atoms with Crippen LogP contribution in [0.25, 0.3) is 17.0 Å². The zero-order valence-corrected chi connectivity index (χ0v) is 10.8. The summed E-state index contributed by atoms with van der Waals surface area (Å²) < 4.78 is 1.88. The van der Waals surface area contributed by atoms with E-state index in [0.29, 0.717) is 5.69 Å². The van der Waals surface area contributed by atoms with Crippen LogP contribution >= 0.6 is 0 Å². The van der Waals surface area contributed by atoms with Gasteiger partial charge in [-0.2, -0.15) is 10.2 Å². The summed E-state index contributed by atoms with van der Waals surface area (Å²) in [7, 11) is 0. The molecule has 3 aromatic heterocycles. The molecule has 0 aliphatic rings. The lowest BCUT2D eigenvalue weighted by Crippen LogP contribution is -2.00. The predicted octanol–water partition coefficient (Wildman–Crippen LogP) is 1.64. The minimum Gasteiger partial charge on any atom is -0.398 e. The Balaban J connectivity index is 2.29. The van der Waals surface area contributed by atoms with Gasteiger partial charge in [0.2, 0.25) is 0 Å². The molecule has 0 radical (unpaired) electrons. The van der Waals surface area contributed by atoms with Gasteiger partial charge in [-0.15, -0.1) is 10.2 Å². The molecular weight excluding hydrogens is 240 g/mol. The van der Waals surface area contributed by atoms with Crippen LogP contribution in [0.1, 0.15) is 18.3 Å². The Morgan fingerprint density at radius 1 is 1.16 bits per heavy atom. The Hall–Kier alpha value is -2.50. The molecule has 0 atom stereocenters. The summed E-state index contributed by atoms with van der Waals surface area (Å²) in [6, 6.07) is 5.63. The van der Waals surface area contributed by atoms with Gasteiger partial charge in [0, 0.05) is 17.4 Å². The van der Waals surface area contributed by atoms with Crippen LogP contribution in [-0.2, 0) is 6.42 Å². The van der Waals surface area contributed by atoms with Crippen molar-refractivity contribution in [3.05, 3.63) is 35.8 Å². The van der Waals surface area contributed by atoms with Gasteiger partial charge in [0.15, 0.2) is 11.5 Å². The molecule has 96 valence electrons. The number of hydrogen-bond donors (Lipinski definition) is 1. The lowest BCUT2D eigenvalue weighted by atomic mass is 10.1. The van der Waals surface area contributed by atoms with E-state index < -0.39 is 0 Å². The standard InChI is InChI=1S/C13H14N6/c1-3-11-10(6-8(2)15-16-11)13-18-17-12-5-4-9(14)7-19(12)13/h4-7H,3,14H2,1-2H3. The van der Waals surface area contributed by atoms with Gasteiger partial charge in [0.05, 0.1) is 11.4 Å². The smallest absolute Gasteiger partial charge is 0.170 e. The molecule has 2 N–H and O–H groups in total. The van der Waals surface area contributed by atoms with Crippen LogP contribution in [0.15, 0.2) is 24.4 Å². The van der Waals surface area contributed by atoms with E-state index >= 15 is 0 Å². The molecule has 0 spiro atoms. The molecule has 6 nitrogen and oxygen atoms in total. The molecule has 0 bridgehead atoms. The van der Waals surface area contributed by atoms with E-state index in [1.807, 2.05) is 42.6 Å². The molecule has 0 aliphatic carbocycles. The number of pyridine rings is 1. The summed E-state index contributed by atoms with van der Waals surface area (Å²) in [5.41, 5.74) is 9.97. The lowest BCUT2D eigenvalue weighted by molar-refractivity contribution is 0.890. The summed E-state index contributed by atoms with van der Waals surface area (Å²) >= 11 is 0. The van der Waals surface area contributed by atoms with Crippen LogP contribution in [-0.4, -0.2) is 24.8 Å². The van der Waals surface area contributed by atoms with E-state index in [2.05, 4.69) is 20.4 Å². The second-order valence-corrected chi connectivity index (χ2v) is 4.41. The Labute approximate surface area is 110 Å². The normalized spacial score (nSPS) is 11.1. The number of fused-ring (bicyclic) bond motifs is 1. The van der Waals surface area contributed by atoms with Crippen molar-refractivity contribution in [3.8, 4) is 11.4 Å². The van der Waals surface area contributed by atoms with Crippen LogP contribution in [0.5, 0.6) is 0 Å². The topological polar surface area (TPSA) is 82.0 Å². The second-order valence-electron chi connectivity index (χ2n) is 4.41. The van der Waals surface area contributed by atoms with E-state index in [-0.39, 0.29) is 0 Å². The monoisotopic (exact) mass is 254 g/mol. The largest absolute Gasteiger partial charge is 0.398 e. The number of anilines is 1. The summed E-state index contributed by atoms with van der Waals surface area (Å²) in [5, 5.41) is 16.7. The average Bonchev–Trinajstić information content (AvgIpc) is 2.81. The van der Waals surface area contributed by atoms with Crippen LogP contribution < -0.4 is 5.73 Å². The molecule has 0 unspecified atom stereocenters. The fourth-order valence-corrected chi connectivity index (χ4v) is 2.06. The molecule has 3 aromatic rings. The molecule has 0 saturated heterocycles. The van der Waals surface area contributed by atoms with E-state index in [1.165, 1.54) is 0 Å². The second kappa shape index (κ2) is 4.31. The maximum atomic E-state index is 5.83. The number of rotatable bonds is 2. The van der Waals surface area contributed by atoms with E-state index in [9.17, 15) is 0 Å². The van der Waals surface area contributed by atoms with Gasteiger partial charge in [0.25, 0.3) is 0 Å². The van der Waals surface area contributed by atoms with Crippen LogP contribution in [0.2, 0.25) is 0 Å². The van der Waals surface area contributed by atoms with Crippen molar-refractivity contribution < 1.29 is 0 Å². The van der Waals surface area contributed by atoms with Crippen LogP contribution in [0.4, 0.5) is 5.69 Å². The quantitative estimate of drug-likeness (QED) is 0.751. The third kappa shape index (κ3) is 1.91. The van der Waals surface area contributed by atoms with Gasteiger partial charge >= 0.3 is 0 Å². The first kappa shape index (κ1) is 11.6. The number of nitrogens with two attached hydrogens (primary N) is 1. The summed E-state index contributed by atoms with van der Waals surface area (Å²) in [6.07, 6.45) is 2.61. The average molecular weight is 254 g/mol. The molecule has 0 aliphatic heterocycles.